The van der Waals surface area contributed by atoms with E-state index in [1.165, 1.54) is 0 Å². The third-order valence-corrected chi connectivity index (χ3v) is 6.60. The van der Waals surface area contributed by atoms with E-state index in [-0.39, 0.29) is 17.0 Å². The van der Waals surface area contributed by atoms with Crippen LogP contribution in [0.25, 0.3) is 0 Å². The predicted molar refractivity (Wildman–Crippen MR) is 83.5 cm³/mol. The third kappa shape index (κ3) is 3.61. The van der Waals surface area contributed by atoms with Gasteiger partial charge in [0.05, 0.1) is 11.0 Å². The predicted octanol–water partition coefficient (Wildman–Crippen LogP) is 2.83. The summed E-state index contributed by atoms with van der Waals surface area (Å²) >= 11 is 0. The van der Waals surface area contributed by atoms with Gasteiger partial charge in [0.1, 0.15) is 0 Å². The molecule has 0 bridgehead atoms. The van der Waals surface area contributed by atoms with E-state index < -0.39 is 9.84 Å². The first-order valence-electron chi connectivity index (χ1n) is 7.48. The number of hydrogen-bond donors (Lipinski definition) is 1. The lowest BCUT2D eigenvalue weighted by Gasteiger charge is -2.25. The highest BCUT2D eigenvalue weighted by Gasteiger charge is 2.33. The standard InChI is InChI=1S/C16H25NO2S/c1-13-8-6-7-9-14(13)12-20(18,19)16-11-5-3-4-10-15(16)17-2/h6-9,15-17H,3-5,10-12H2,1-2H3. The zero-order chi connectivity index (χ0) is 14.6. The van der Waals surface area contributed by atoms with Gasteiger partial charge in [0.25, 0.3) is 0 Å². The molecule has 1 aromatic carbocycles. The number of nitrogens with one attached hydrogen (secondary N) is 1. The van der Waals surface area contributed by atoms with Crippen molar-refractivity contribution in [2.45, 2.75) is 56.1 Å². The molecule has 20 heavy (non-hydrogen) atoms. The van der Waals surface area contributed by atoms with Gasteiger partial charge in [-0.15, -0.1) is 0 Å². The first-order valence-corrected chi connectivity index (χ1v) is 9.19. The van der Waals surface area contributed by atoms with Gasteiger partial charge in [-0.05, 0) is 37.9 Å². The molecule has 1 aromatic rings. The number of hydrogen-bond acceptors (Lipinski definition) is 3. The lowest BCUT2D eigenvalue weighted by molar-refractivity contribution is 0.480. The molecule has 0 saturated heterocycles. The van der Waals surface area contributed by atoms with E-state index >= 15 is 0 Å². The summed E-state index contributed by atoms with van der Waals surface area (Å²) in [5.41, 5.74) is 2.00. The van der Waals surface area contributed by atoms with Crippen molar-refractivity contribution in [3.8, 4) is 0 Å². The van der Waals surface area contributed by atoms with Crippen LogP contribution < -0.4 is 5.32 Å². The first-order chi connectivity index (χ1) is 9.54. The zero-order valence-corrected chi connectivity index (χ0v) is 13.2. The quantitative estimate of drug-likeness (QED) is 0.869. The Hall–Kier alpha value is -0.870. The maximum Gasteiger partial charge on any atom is 0.158 e. The molecule has 0 aromatic heterocycles. The Morgan fingerprint density at radius 2 is 1.85 bits per heavy atom. The molecule has 4 heteroatoms. The summed E-state index contributed by atoms with van der Waals surface area (Å²) in [7, 11) is -1.22. The van der Waals surface area contributed by atoms with Gasteiger partial charge < -0.3 is 5.32 Å². The lowest BCUT2D eigenvalue weighted by Crippen LogP contribution is -2.42. The molecule has 1 saturated carbocycles. The Morgan fingerprint density at radius 1 is 1.15 bits per heavy atom. The SMILES string of the molecule is CNC1CCCCCC1S(=O)(=O)Cc1ccccc1C. The summed E-state index contributed by atoms with van der Waals surface area (Å²) in [6.45, 7) is 1.98. The highest BCUT2D eigenvalue weighted by Crippen LogP contribution is 2.26. The van der Waals surface area contributed by atoms with Crippen LogP contribution in [0.3, 0.4) is 0 Å². The van der Waals surface area contributed by atoms with Crippen molar-refractivity contribution >= 4 is 9.84 Å². The Balaban J connectivity index is 2.22. The minimum Gasteiger partial charge on any atom is -0.316 e. The van der Waals surface area contributed by atoms with Crippen molar-refractivity contribution in [2.75, 3.05) is 7.05 Å². The van der Waals surface area contributed by atoms with Gasteiger partial charge in [0, 0.05) is 6.04 Å². The second kappa shape index (κ2) is 6.72. The Labute approximate surface area is 122 Å². The Morgan fingerprint density at radius 3 is 2.55 bits per heavy atom. The van der Waals surface area contributed by atoms with Gasteiger partial charge in [-0.2, -0.15) is 0 Å². The number of benzene rings is 1. The fraction of sp³-hybridized carbons (Fsp3) is 0.625. The second-order valence-corrected chi connectivity index (χ2v) is 8.03. The maximum atomic E-state index is 12.8. The van der Waals surface area contributed by atoms with Crippen molar-refractivity contribution in [3.05, 3.63) is 35.4 Å². The highest BCUT2D eigenvalue weighted by molar-refractivity contribution is 7.91. The minimum absolute atomic E-state index is 0.103. The average molecular weight is 295 g/mol. The minimum atomic E-state index is -3.11. The van der Waals surface area contributed by atoms with Crippen molar-refractivity contribution in [2.24, 2.45) is 0 Å². The molecule has 1 fully saturated rings. The zero-order valence-electron chi connectivity index (χ0n) is 12.4. The van der Waals surface area contributed by atoms with Crippen LogP contribution in [0.15, 0.2) is 24.3 Å². The van der Waals surface area contributed by atoms with Crippen LogP contribution in [-0.4, -0.2) is 26.8 Å². The monoisotopic (exact) mass is 295 g/mol. The largest absolute Gasteiger partial charge is 0.316 e. The van der Waals surface area contributed by atoms with Crippen molar-refractivity contribution in [1.82, 2.24) is 5.32 Å². The molecule has 112 valence electrons. The molecule has 1 N–H and O–H groups in total. The summed E-state index contributed by atoms with van der Waals surface area (Å²) in [6.07, 6.45) is 5.06. The molecule has 0 spiro atoms. The van der Waals surface area contributed by atoms with E-state index in [4.69, 9.17) is 0 Å². The third-order valence-electron chi connectivity index (χ3n) is 4.40. The molecule has 1 aliphatic carbocycles. The molecular weight excluding hydrogens is 270 g/mol. The smallest absolute Gasteiger partial charge is 0.158 e. The van der Waals surface area contributed by atoms with Gasteiger partial charge >= 0.3 is 0 Å². The highest BCUT2D eigenvalue weighted by atomic mass is 32.2. The van der Waals surface area contributed by atoms with E-state index in [0.717, 1.165) is 43.2 Å². The summed E-state index contributed by atoms with van der Waals surface area (Å²) < 4.78 is 25.6. The van der Waals surface area contributed by atoms with Crippen LogP contribution >= 0.6 is 0 Å². The van der Waals surface area contributed by atoms with E-state index in [1.807, 2.05) is 38.2 Å². The lowest BCUT2D eigenvalue weighted by atomic mass is 10.1. The summed E-state index contributed by atoms with van der Waals surface area (Å²) in [4.78, 5) is 0. The Kier molecular flexibility index (Phi) is 5.22. The van der Waals surface area contributed by atoms with Gasteiger partial charge in [0.2, 0.25) is 0 Å². The molecule has 0 amide bonds. The topological polar surface area (TPSA) is 46.2 Å². The van der Waals surface area contributed by atoms with Crippen LogP contribution in [0.5, 0.6) is 0 Å². The van der Waals surface area contributed by atoms with Crippen LogP contribution in [0.1, 0.15) is 43.2 Å². The van der Waals surface area contributed by atoms with Crippen LogP contribution in [0.2, 0.25) is 0 Å². The molecular formula is C16H25NO2S. The average Bonchev–Trinajstić information content (AvgIpc) is 2.66. The first kappa shape index (κ1) is 15.5. The maximum absolute atomic E-state index is 12.8. The van der Waals surface area contributed by atoms with E-state index in [0.29, 0.717) is 0 Å². The fourth-order valence-electron chi connectivity index (χ4n) is 3.13. The molecule has 2 rings (SSSR count). The van der Waals surface area contributed by atoms with Gasteiger partial charge in [-0.1, -0.05) is 43.5 Å². The molecule has 0 radical (unpaired) electrons. The second-order valence-electron chi connectivity index (χ2n) is 5.81. The van der Waals surface area contributed by atoms with E-state index in [1.54, 1.807) is 0 Å². The molecule has 1 aliphatic rings. The summed E-state index contributed by atoms with van der Waals surface area (Å²) in [5.74, 6) is 0.169. The molecule has 2 atom stereocenters. The molecule has 3 nitrogen and oxygen atoms in total. The molecule has 2 unspecified atom stereocenters. The van der Waals surface area contributed by atoms with Crippen LogP contribution in [0.4, 0.5) is 0 Å². The number of sulfone groups is 1. The van der Waals surface area contributed by atoms with Crippen LogP contribution in [0, 0.1) is 6.92 Å². The van der Waals surface area contributed by atoms with Gasteiger partial charge in [-0.3, -0.25) is 0 Å². The van der Waals surface area contributed by atoms with Gasteiger partial charge in [-0.25, -0.2) is 8.42 Å². The van der Waals surface area contributed by atoms with Crippen molar-refractivity contribution in [3.63, 3.8) is 0 Å². The molecule has 0 heterocycles. The summed E-state index contributed by atoms with van der Waals surface area (Å²) in [6, 6.07) is 7.88. The van der Waals surface area contributed by atoms with Gasteiger partial charge in [0.15, 0.2) is 9.84 Å². The van der Waals surface area contributed by atoms with Crippen molar-refractivity contribution < 1.29 is 8.42 Å². The van der Waals surface area contributed by atoms with Crippen LogP contribution in [-0.2, 0) is 15.6 Å². The number of aryl methyl sites for hydroxylation is 1. The normalized spacial score (nSPS) is 24.3. The van der Waals surface area contributed by atoms with E-state index in [9.17, 15) is 8.42 Å². The number of rotatable bonds is 4. The Bertz CT molecular complexity index is 539. The fourth-order valence-corrected chi connectivity index (χ4v) is 5.40. The molecule has 0 aliphatic heterocycles. The van der Waals surface area contributed by atoms with Crippen molar-refractivity contribution in [1.29, 1.82) is 0 Å². The van der Waals surface area contributed by atoms with E-state index in [2.05, 4.69) is 5.32 Å². The summed E-state index contributed by atoms with van der Waals surface area (Å²) in [5, 5.41) is 2.98.